The minimum Gasteiger partial charge on any atom is -0.292 e. The van der Waals surface area contributed by atoms with Gasteiger partial charge in [-0.1, -0.05) is 11.3 Å². The molecule has 0 fully saturated rings. The molecule has 7 nitrogen and oxygen atoms in total. The van der Waals surface area contributed by atoms with Crippen LogP contribution in [0.5, 0.6) is 0 Å². The van der Waals surface area contributed by atoms with E-state index >= 15 is 0 Å². The standard InChI is InChI=1S/C10H7F3N6OS/c1-18-7-5(2-15-18)8(20)19(4-14-7)3-6-16-17-9(21-6)10(11,12)13/h2,4H,3H2,1H3. The molecule has 0 bridgehead atoms. The van der Waals surface area contributed by atoms with Gasteiger partial charge in [-0.3, -0.25) is 14.0 Å². The van der Waals surface area contributed by atoms with Crippen LogP contribution in [0.15, 0.2) is 17.3 Å². The molecule has 0 aliphatic carbocycles. The highest BCUT2D eigenvalue weighted by atomic mass is 32.1. The number of halogens is 3. The SMILES string of the molecule is Cn1ncc2c(=O)n(Cc3nnc(C(F)(F)F)s3)cnc21. The fourth-order valence-electron chi connectivity index (χ4n) is 1.76. The van der Waals surface area contributed by atoms with E-state index in [1.807, 2.05) is 0 Å². The maximum Gasteiger partial charge on any atom is 0.445 e. The van der Waals surface area contributed by atoms with Gasteiger partial charge in [-0.2, -0.15) is 18.3 Å². The molecule has 0 saturated heterocycles. The molecule has 0 aliphatic rings. The van der Waals surface area contributed by atoms with E-state index in [0.717, 1.165) is 0 Å². The summed E-state index contributed by atoms with van der Waals surface area (Å²) in [4.78, 5) is 16.2. The number of rotatable bonds is 2. The second-order valence-corrected chi connectivity index (χ2v) is 5.24. The number of aryl methyl sites for hydroxylation is 1. The highest BCUT2D eigenvalue weighted by molar-refractivity contribution is 7.11. The van der Waals surface area contributed by atoms with Crippen molar-refractivity contribution in [2.45, 2.75) is 12.7 Å². The van der Waals surface area contributed by atoms with Crippen molar-refractivity contribution >= 4 is 22.4 Å². The molecule has 0 atom stereocenters. The Morgan fingerprint density at radius 3 is 2.76 bits per heavy atom. The number of nitrogens with zero attached hydrogens (tertiary/aromatic N) is 6. The molecule has 0 unspecified atom stereocenters. The molecule has 0 amide bonds. The van der Waals surface area contributed by atoms with Gasteiger partial charge in [0.05, 0.1) is 12.7 Å². The molecule has 0 radical (unpaired) electrons. The van der Waals surface area contributed by atoms with E-state index in [0.29, 0.717) is 22.4 Å². The number of hydrogen-bond donors (Lipinski definition) is 0. The monoisotopic (exact) mass is 316 g/mol. The van der Waals surface area contributed by atoms with Gasteiger partial charge in [0.25, 0.3) is 5.56 Å². The third kappa shape index (κ3) is 2.39. The largest absolute Gasteiger partial charge is 0.445 e. The van der Waals surface area contributed by atoms with Gasteiger partial charge in [-0.05, 0) is 0 Å². The Morgan fingerprint density at radius 1 is 1.33 bits per heavy atom. The van der Waals surface area contributed by atoms with Gasteiger partial charge >= 0.3 is 6.18 Å². The zero-order chi connectivity index (χ0) is 15.2. The first-order valence-corrected chi connectivity index (χ1v) is 6.44. The normalized spacial score (nSPS) is 12.2. The summed E-state index contributed by atoms with van der Waals surface area (Å²) in [5.41, 5.74) is 0.0151. The molecule has 3 rings (SSSR count). The second kappa shape index (κ2) is 4.62. The van der Waals surface area contributed by atoms with Crippen molar-refractivity contribution in [3.8, 4) is 0 Å². The third-order valence-corrected chi connectivity index (χ3v) is 3.69. The van der Waals surface area contributed by atoms with Crippen LogP contribution in [-0.4, -0.2) is 29.5 Å². The van der Waals surface area contributed by atoms with E-state index in [9.17, 15) is 18.0 Å². The zero-order valence-corrected chi connectivity index (χ0v) is 11.3. The summed E-state index contributed by atoms with van der Waals surface area (Å²) < 4.78 is 39.9. The molecule has 3 aromatic rings. The minimum atomic E-state index is -4.54. The van der Waals surface area contributed by atoms with Crippen LogP contribution in [0, 0.1) is 0 Å². The first-order valence-electron chi connectivity index (χ1n) is 5.63. The van der Waals surface area contributed by atoms with Crippen LogP contribution in [-0.2, 0) is 19.8 Å². The summed E-state index contributed by atoms with van der Waals surface area (Å²) in [5, 5.41) is 9.75. The molecular weight excluding hydrogens is 309 g/mol. The van der Waals surface area contributed by atoms with Crippen molar-refractivity contribution in [3.63, 3.8) is 0 Å². The van der Waals surface area contributed by atoms with Crippen molar-refractivity contribution in [3.05, 3.63) is 32.9 Å². The molecule has 3 aromatic heterocycles. The van der Waals surface area contributed by atoms with Crippen LogP contribution in [0.4, 0.5) is 13.2 Å². The lowest BCUT2D eigenvalue weighted by Gasteiger charge is -2.02. The van der Waals surface area contributed by atoms with Crippen LogP contribution in [0.2, 0.25) is 0 Å². The third-order valence-electron chi connectivity index (χ3n) is 2.73. The summed E-state index contributed by atoms with van der Waals surface area (Å²) in [6, 6.07) is 0. The van der Waals surface area contributed by atoms with Crippen LogP contribution < -0.4 is 5.56 Å². The second-order valence-electron chi connectivity index (χ2n) is 4.18. The van der Waals surface area contributed by atoms with Gasteiger partial charge in [-0.25, -0.2) is 4.98 Å². The quantitative estimate of drug-likeness (QED) is 0.706. The minimum absolute atomic E-state index is 0.0782. The molecule has 3 heterocycles. The average molecular weight is 316 g/mol. The highest BCUT2D eigenvalue weighted by Gasteiger charge is 2.35. The smallest absolute Gasteiger partial charge is 0.292 e. The van der Waals surface area contributed by atoms with Gasteiger partial charge in [0.1, 0.15) is 16.7 Å². The van der Waals surface area contributed by atoms with Crippen molar-refractivity contribution in [1.82, 2.24) is 29.5 Å². The summed E-state index contributed by atoms with van der Waals surface area (Å²) in [6.45, 7) is -0.121. The van der Waals surface area contributed by atoms with Crippen molar-refractivity contribution in [1.29, 1.82) is 0 Å². The van der Waals surface area contributed by atoms with Crippen LogP contribution in [0.25, 0.3) is 11.0 Å². The van der Waals surface area contributed by atoms with E-state index in [1.165, 1.54) is 21.8 Å². The number of fused-ring (bicyclic) bond motifs is 1. The number of hydrogen-bond acceptors (Lipinski definition) is 6. The Hall–Kier alpha value is -2.30. The summed E-state index contributed by atoms with van der Waals surface area (Å²) in [5.74, 6) is 0. The lowest BCUT2D eigenvalue weighted by atomic mass is 10.4. The first-order chi connectivity index (χ1) is 9.86. The Morgan fingerprint density at radius 2 is 2.10 bits per heavy atom. The molecule has 110 valence electrons. The first kappa shape index (κ1) is 13.7. The van der Waals surface area contributed by atoms with Crippen molar-refractivity contribution in [2.75, 3.05) is 0 Å². The zero-order valence-electron chi connectivity index (χ0n) is 10.5. The average Bonchev–Trinajstić information content (AvgIpc) is 3.00. The van der Waals surface area contributed by atoms with E-state index in [-0.39, 0.29) is 11.6 Å². The molecule has 0 aromatic carbocycles. The Bertz CT molecular complexity index is 864. The van der Waals surface area contributed by atoms with Crippen LogP contribution in [0.3, 0.4) is 0 Å². The molecule has 0 N–H and O–H groups in total. The van der Waals surface area contributed by atoms with Gasteiger partial charge < -0.3 is 0 Å². The Kier molecular flexibility index (Phi) is 3.01. The maximum absolute atomic E-state index is 12.4. The predicted molar refractivity (Wildman–Crippen MR) is 66.8 cm³/mol. The maximum atomic E-state index is 12.4. The van der Waals surface area contributed by atoms with E-state index < -0.39 is 16.7 Å². The lowest BCUT2D eigenvalue weighted by Crippen LogP contribution is -2.21. The van der Waals surface area contributed by atoms with Gasteiger partial charge in [-0.15, -0.1) is 10.2 Å². The molecule has 0 spiro atoms. The van der Waals surface area contributed by atoms with Crippen molar-refractivity contribution < 1.29 is 13.2 Å². The molecular formula is C10H7F3N6OS. The summed E-state index contributed by atoms with van der Waals surface area (Å²) in [7, 11) is 1.64. The Labute approximate surface area is 118 Å². The molecule has 21 heavy (non-hydrogen) atoms. The van der Waals surface area contributed by atoms with Crippen LogP contribution in [0.1, 0.15) is 10.0 Å². The van der Waals surface area contributed by atoms with Gasteiger partial charge in [0, 0.05) is 7.05 Å². The lowest BCUT2D eigenvalue weighted by molar-refractivity contribution is -0.138. The molecule has 0 aliphatic heterocycles. The summed E-state index contributed by atoms with van der Waals surface area (Å²) in [6.07, 6.45) is -1.92. The molecule has 0 saturated carbocycles. The number of aromatic nitrogens is 6. The molecule has 11 heteroatoms. The van der Waals surface area contributed by atoms with Gasteiger partial charge in [0.15, 0.2) is 5.65 Å². The summed E-state index contributed by atoms with van der Waals surface area (Å²) >= 11 is 0.398. The topological polar surface area (TPSA) is 78.5 Å². The Balaban J connectivity index is 1.97. The van der Waals surface area contributed by atoms with Crippen LogP contribution >= 0.6 is 11.3 Å². The predicted octanol–water partition coefficient (Wildman–Crippen LogP) is 1.05. The number of alkyl halides is 3. The fraction of sp³-hybridized carbons (Fsp3) is 0.300. The fourth-order valence-corrected chi connectivity index (χ4v) is 2.46. The van der Waals surface area contributed by atoms with E-state index in [1.54, 1.807) is 7.05 Å². The van der Waals surface area contributed by atoms with Gasteiger partial charge in [0.2, 0.25) is 5.01 Å². The highest BCUT2D eigenvalue weighted by Crippen LogP contribution is 2.31. The van der Waals surface area contributed by atoms with E-state index in [4.69, 9.17) is 0 Å². The van der Waals surface area contributed by atoms with Crippen molar-refractivity contribution in [2.24, 2.45) is 7.05 Å². The van der Waals surface area contributed by atoms with E-state index in [2.05, 4.69) is 20.3 Å².